The van der Waals surface area contributed by atoms with E-state index >= 15 is 0 Å². The van der Waals surface area contributed by atoms with Crippen LogP contribution in [0.5, 0.6) is 0 Å². The Kier molecular flexibility index (Phi) is 10.8. The third-order valence-electron chi connectivity index (χ3n) is 5.01. The van der Waals surface area contributed by atoms with Gasteiger partial charge in [0, 0.05) is 17.9 Å². The molecule has 7 nitrogen and oxygen atoms in total. The summed E-state index contributed by atoms with van der Waals surface area (Å²) in [5, 5.41) is 10.4. The lowest BCUT2D eigenvalue weighted by atomic mass is 9.85. The average Bonchev–Trinajstić information content (AvgIpc) is 2.64. The molecule has 1 heterocycles. The Bertz CT molecular complexity index is 677. The molecule has 164 valence electrons. The van der Waals surface area contributed by atoms with E-state index in [-0.39, 0.29) is 23.9 Å². The third kappa shape index (κ3) is 9.70. The highest BCUT2D eigenvalue weighted by atomic mass is 31.2. The number of ether oxygens (including phenoxy) is 1. The van der Waals surface area contributed by atoms with Crippen molar-refractivity contribution < 1.29 is 33.5 Å². The maximum absolute atomic E-state index is 11.5. The molecular weight excluding hydrogens is 395 g/mol. The number of cyclic esters (lactones) is 1. The largest absolute Gasteiger partial charge is 0.469 e. The molecule has 0 aliphatic carbocycles. The van der Waals surface area contributed by atoms with E-state index in [0.717, 1.165) is 0 Å². The molecule has 1 aliphatic rings. The van der Waals surface area contributed by atoms with Crippen LogP contribution >= 0.6 is 7.82 Å². The van der Waals surface area contributed by atoms with E-state index in [1.165, 1.54) is 6.08 Å². The van der Waals surface area contributed by atoms with Gasteiger partial charge in [0.15, 0.2) is 0 Å². The summed E-state index contributed by atoms with van der Waals surface area (Å²) in [6.07, 6.45) is 12.4. The number of carbonyl (C=O) groups is 1. The molecule has 8 heteroatoms. The zero-order valence-electron chi connectivity index (χ0n) is 17.4. The van der Waals surface area contributed by atoms with E-state index in [1.54, 1.807) is 37.3 Å². The standard InChI is InChI=1S/C21H33O7P/c1-5-6-7-8-9-10-18(22)17(4)19(28-29(24,25)26)13-11-15(2)21-16(3)12-14-20(23)27-21/h5-10,12,14-19,21-22H,11,13H2,1-4H3,(H2,24,25,26)/b6-5+,8-7+,10-9-/t15-,16-,17-,18-,19-,21-/m0/s1. The van der Waals surface area contributed by atoms with Gasteiger partial charge in [0.2, 0.25) is 0 Å². The molecule has 0 saturated heterocycles. The highest BCUT2D eigenvalue weighted by Crippen LogP contribution is 2.41. The maximum atomic E-state index is 11.5. The summed E-state index contributed by atoms with van der Waals surface area (Å²) in [4.78, 5) is 30.1. The molecule has 6 atom stereocenters. The van der Waals surface area contributed by atoms with Crippen LogP contribution in [0.1, 0.15) is 40.5 Å². The van der Waals surface area contributed by atoms with E-state index in [4.69, 9.17) is 9.26 Å². The highest BCUT2D eigenvalue weighted by Gasteiger charge is 2.33. The smallest absolute Gasteiger partial charge is 0.458 e. The molecule has 0 aromatic carbocycles. The highest BCUT2D eigenvalue weighted by molar-refractivity contribution is 7.46. The van der Waals surface area contributed by atoms with E-state index in [0.29, 0.717) is 12.8 Å². The Balaban J connectivity index is 2.77. The fraction of sp³-hybridized carbons (Fsp3) is 0.571. The summed E-state index contributed by atoms with van der Waals surface area (Å²) in [6.45, 7) is 7.45. The average molecular weight is 428 g/mol. The first-order valence-corrected chi connectivity index (χ1v) is 11.3. The van der Waals surface area contributed by atoms with Gasteiger partial charge in [0.05, 0.1) is 12.2 Å². The van der Waals surface area contributed by atoms with Crippen molar-refractivity contribution in [1.29, 1.82) is 0 Å². The number of carbonyl (C=O) groups excluding carboxylic acids is 1. The van der Waals surface area contributed by atoms with Crippen LogP contribution < -0.4 is 0 Å². The van der Waals surface area contributed by atoms with Crippen LogP contribution in [0.3, 0.4) is 0 Å². The van der Waals surface area contributed by atoms with Crippen LogP contribution in [-0.4, -0.2) is 39.2 Å². The van der Waals surface area contributed by atoms with Crippen molar-refractivity contribution in [2.75, 3.05) is 0 Å². The molecule has 1 aliphatic heterocycles. The number of phosphoric ester groups is 1. The first-order chi connectivity index (χ1) is 13.5. The van der Waals surface area contributed by atoms with Gasteiger partial charge in [0.1, 0.15) is 6.10 Å². The number of allylic oxidation sites excluding steroid dienone is 5. The Labute approximate surface area is 173 Å². The Morgan fingerprint density at radius 1 is 1.21 bits per heavy atom. The van der Waals surface area contributed by atoms with Gasteiger partial charge in [-0.1, -0.05) is 63.3 Å². The van der Waals surface area contributed by atoms with Gasteiger partial charge in [-0.2, -0.15) is 0 Å². The van der Waals surface area contributed by atoms with Crippen molar-refractivity contribution >= 4 is 13.8 Å². The fourth-order valence-corrected chi connectivity index (χ4v) is 3.90. The molecular formula is C21H33O7P. The van der Waals surface area contributed by atoms with E-state index in [1.807, 2.05) is 32.9 Å². The van der Waals surface area contributed by atoms with Gasteiger partial charge in [-0.3, -0.25) is 4.52 Å². The zero-order chi connectivity index (χ0) is 22.0. The topological polar surface area (TPSA) is 113 Å². The summed E-state index contributed by atoms with van der Waals surface area (Å²) in [6, 6.07) is 0. The van der Waals surface area contributed by atoms with Crippen LogP contribution in [0.25, 0.3) is 0 Å². The lowest BCUT2D eigenvalue weighted by Gasteiger charge is -2.32. The molecule has 3 N–H and O–H groups in total. The SMILES string of the molecule is C/C=C/C=C/C=C\[C@H](O)[C@H](C)[C@H](CC[C@H](C)[C@@H]1OC(=O)C=C[C@@H]1C)OP(=O)(O)O. The van der Waals surface area contributed by atoms with Crippen molar-refractivity contribution in [3.63, 3.8) is 0 Å². The number of rotatable bonds is 11. The second-order valence-electron chi connectivity index (χ2n) is 7.45. The number of esters is 1. The summed E-state index contributed by atoms with van der Waals surface area (Å²) < 4.78 is 21.8. The summed E-state index contributed by atoms with van der Waals surface area (Å²) in [7, 11) is -4.73. The van der Waals surface area contributed by atoms with Crippen molar-refractivity contribution in [2.45, 2.75) is 58.8 Å². The van der Waals surface area contributed by atoms with Crippen molar-refractivity contribution in [3.8, 4) is 0 Å². The van der Waals surface area contributed by atoms with Gasteiger partial charge < -0.3 is 19.6 Å². The minimum atomic E-state index is -4.73. The predicted octanol–water partition coefficient (Wildman–Crippen LogP) is 3.68. The molecule has 0 spiro atoms. The lowest BCUT2D eigenvalue weighted by molar-refractivity contribution is -0.149. The number of aliphatic hydroxyl groups excluding tert-OH is 1. The molecule has 1 rings (SSSR count). The fourth-order valence-electron chi connectivity index (χ4n) is 3.25. The van der Waals surface area contributed by atoms with Gasteiger partial charge in [-0.15, -0.1) is 0 Å². The Morgan fingerprint density at radius 2 is 1.86 bits per heavy atom. The number of hydrogen-bond donors (Lipinski definition) is 3. The molecule has 29 heavy (non-hydrogen) atoms. The number of phosphoric acid groups is 1. The minimum Gasteiger partial charge on any atom is -0.458 e. The third-order valence-corrected chi connectivity index (χ3v) is 5.55. The number of aliphatic hydroxyl groups is 1. The molecule has 0 aromatic heterocycles. The normalized spacial score (nSPS) is 24.9. The molecule has 0 radical (unpaired) electrons. The number of hydrogen-bond acceptors (Lipinski definition) is 5. The van der Waals surface area contributed by atoms with Gasteiger partial charge in [-0.25, -0.2) is 9.36 Å². The van der Waals surface area contributed by atoms with Crippen LogP contribution in [0.2, 0.25) is 0 Å². The Morgan fingerprint density at radius 3 is 2.48 bits per heavy atom. The first-order valence-electron chi connectivity index (χ1n) is 9.82. The molecule has 0 aromatic rings. The second-order valence-corrected chi connectivity index (χ2v) is 8.65. The van der Waals surface area contributed by atoms with Crippen molar-refractivity contribution in [2.24, 2.45) is 17.8 Å². The molecule has 0 unspecified atom stereocenters. The second kappa shape index (κ2) is 12.3. The van der Waals surface area contributed by atoms with E-state index < -0.39 is 25.9 Å². The van der Waals surface area contributed by atoms with Crippen LogP contribution in [-0.2, 0) is 18.6 Å². The molecule has 0 saturated carbocycles. The Hall–Kier alpha value is -1.50. The summed E-state index contributed by atoms with van der Waals surface area (Å²) in [5.41, 5.74) is 0. The first kappa shape index (κ1) is 25.5. The quantitative estimate of drug-likeness (QED) is 0.261. The predicted molar refractivity (Wildman–Crippen MR) is 112 cm³/mol. The van der Waals surface area contributed by atoms with Crippen LogP contribution in [0.4, 0.5) is 0 Å². The monoisotopic (exact) mass is 428 g/mol. The van der Waals surface area contributed by atoms with Crippen molar-refractivity contribution in [1.82, 2.24) is 0 Å². The molecule has 0 bridgehead atoms. The summed E-state index contributed by atoms with van der Waals surface area (Å²) >= 11 is 0. The minimum absolute atomic E-state index is 0.0366. The van der Waals surface area contributed by atoms with E-state index in [9.17, 15) is 24.3 Å². The van der Waals surface area contributed by atoms with E-state index in [2.05, 4.69) is 0 Å². The molecule has 0 fully saturated rings. The molecule has 0 amide bonds. The van der Waals surface area contributed by atoms with Crippen molar-refractivity contribution in [3.05, 3.63) is 48.6 Å². The van der Waals surface area contributed by atoms with Crippen LogP contribution in [0.15, 0.2) is 48.6 Å². The van der Waals surface area contributed by atoms with Crippen LogP contribution in [0, 0.1) is 17.8 Å². The van der Waals surface area contributed by atoms with Gasteiger partial charge in [0.25, 0.3) is 0 Å². The van der Waals surface area contributed by atoms with Gasteiger partial charge >= 0.3 is 13.8 Å². The summed E-state index contributed by atoms with van der Waals surface area (Å²) in [5.74, 6) is -0.917. The zero-order valence-corrected chi connectivity index (χ0v) is 18.3. The maximum Gasteiger partial charge on any atom is 0.469 e. The lowest BCUT2D eigenvalue weighted by Crippen LogP contribution is -2.35. The van der Waals surface area contributed by atoms with Gasteiger partial charge in [-0.05, 0) is 25.7 Å².